The van der Waals surface area contributed by atoms with Gasteiger partial charge in [0.15, 0.2) is 0 Å². The van der Waals surface area contributed by atoms with Gasteiger partial charge in [0.2, 0.25) is 0 Å². The zero-order valence-corrected chi connectivity index (χ0v) is 20.3. The molecule has 2 heterocycles. The van der Waals surface area contributed by atoms with Crippen LogP contribution >= 0.6 is 0 Å². The Bertz CT molecular complexity index is 2100. The standard InChI is InChI=1S/C35H20N2O/c1-4-14-25-21(10-1)32-23(30-20-36-28-17-6-7-18-29(28)37-30)13-9-16-27(32)35(25)26-15-5-2-11-22(26)33-24-12-3-8-19-31(24)38-34(33)35/h1-20H. The SMILES string of the molecule is c1ccc2c(c1)-c1c(-c3cnc4ccccc4n3)cccc1C21c2ccccc2-c2c1oc1ccccc21. The lowest BCUT2D eigenvalue weighted by atomic mass is 9.73. The summed E-state index contributed by atoms with van der Waals surface area (Å²) in [6.45, 7) is 0. The summed E-state index contributed by atoms with van der Waals surface area (Å²) in [4.78, 5) is 9.80. The van der Waals surface area contributed by atoms with Crippen LogP contribution in [0.15, 0.2) is 126 Å². The summed E-state index contributed by atoms with van der Waals surface area (Å²) < 4.78 is 6.82. The molecule has 1 spiro atoms. The second-order valence-electron chi connectivity index (χ2n) is 10.1. The number of aromatic nitrogens is 2. The molecule has 2 aromatic heterocycles. The normalized spacial score (nSPS) is 16.5. The Morgan fingerprint density at radius 3 is 2.00 bits per heavy atom. The molecule has 9 rings (SSSR count). The molecule has 0 amide bonds. The maximum atomic E-state index is 6.82. The fraction of sp³-hybridized carbons (Fsp3) is 0.0286. The van der Waals surface area contributed by atoms with Gasteiger partial charge in [-0.3, -0.25) is 4.98 Å². The van der Waals surface area contributed by atoms with Gasteiger partial charge in [-0.05, 0) is 51.6 Å². The molecular formula is C35H20N2O. The Hall–Kier alpha value is -5.02. The fourth-order valence-electron chi connectivity index (χ4n) is 6.89. The van der Waals surface area contributed by atoms with E-state index in [0.717, 1.165) is 39.0 Å². The Morgan fingerprint density at radius 1 is 0.526 bits per heavy atom. The predicted octanol–water partition coefficient (Wildman–Crippen LogP) is 8.39. The highest BCUT2D eigenvalue weighted by Gasteiger charge is 2.55. The zero-order chi connectivity index (χ0) is 24.8. The van der Waals surface area contributed by atoms with Crippen molar-refractivity contribution in [3.05, 3.63) is 144 Å². The third kappa shape index (κ3) is 2.30. The molecule has 0 N–H and O–H groups in total. The summed E-state index contributed by atoms with van der Waals surface area (Å²) in [6.07, 6.45) is 1.90. The van der Waals surface area contributed by atoms with Gasteiger partial charge in [-0.1, -0.05) is 97.1 Å². The highest BCUT2D eigenvalue weighted by molar-refractivity contribution is 6.05. The van der Waals surface area contributed by atoms with Gasteiger partial charge in [0.05, 0.1) is 22.9 Å². The Balaban J connectivity index is 1.44. The molecule has 0 fully saturated rings. The van der Waals surface area contributed by atoms with Crippen molar-refractivity contribution in [1.82, 2.24) is 9.97 Å². The van der Waals surface area contributed by atoms with Crippen LogP contribution in [0.25, 0.3) is 55.5 Å². The van der Waals surface area contributed by atoms with Crippen molar-refractivity contribution in [3.8, 4) is 33.5 Å². The van der Waals surface area contributed by atoms with Crippen molar-refractivity contribution in [2.75, 3.05) is 0 Å². The highest BCUT2D eigenvalue weighted by atomic mass is 16.3. The topological polar surface area (TPSA) is 38.9 Å². The van der Waals surface area contributed by atoms with E-state index in [1.165, 1.54) is 38.9 Å². The molecule has 0 saturated heterocycles. The van der Waals surface area contributed by atoms with Gasteiger partial charge < -0.3 is 4.42 Å². The molecule has 0 aliphatic heterocycles. The van der Waals surface area contributed by atoms with Crippen LogP contribution in [0.5, 0.6) is 0 Å². The van der Waals surface area contributed by atoms with Gasteiger partial charge in [-0.2, -0.15) is 0 Å². The van der Waals surface area contributed by atoms with E-state index >= 15 is 0 Å². The van der Waals surface area contributed by atoms with Gasteiger partial charge in [-0.15, -0.1) is 0 Å². The molecule has 2 aliphatic carbocycles. The maximum Gasteiger partial charge on any atom is 0.135 e. The number of fused-ring (bicyclic) bond motifs is 13. The van der Waals surface area contributed by atoms with E-state index in [9.17, 15) is 0 Å². The Morgan fingerprint density at radius 2 is 1.16 bits per heavy atom. The first-order chi connectivity index (χ1) is 18.9. The molecule has 5 aromatic carbocycles. The average Bonchev–Trinajstić information content (AvgIpc) is 3.60. The molecule has 3 heteroatoms. The van der Waals surface area contributed by atoms with Crippen LogP contribution in [0.2, 0.25) is 0 Å². The van der Waals surface area contributed by atoms with Crippen molar-refractivity contribution in [1.29, 1.82) is 0 Å². The van der Waals surface area contributed by atoms with Crippen LogP contribution < -0.4 is 0 Å². The quantitative estimate of drug-likeness (QED) is 0.235. The minimum absolute atomic E-state index is 0.531. The Kier molecular flexibility index (Phi) is 3.73. The molecule has 38 heavy (non-hydrogen) atoms. The highest BCUT2D eigenvalue weighted by Crippen LogP contribution is 2.65. The van der Waals surface area contributed by atoms with E-state index in [4.69, 9.17) is 14.4 Å². The first-order valence-electron chi connectivity index (χ1n) is 12.9. The van der Waals surface area contributed by atoms with Crippen molar-refractivity contribution in [2.45, 2.75) is 5.41 Å². The minimum Gasteiger partial charge on any atom is -0.459 e. The molecule has 0 bridgehead atoms. The average molecular weight is 485 g/mol. The second-order valence-corrected chi connectivity index (χ2v) is 10.1. The molecule has 7 aromatic rings. The molecule has 2 aliphatic rings. The smallest absolute Gasteiger partial charge is 0.135 e. The van der Waals surface area contributed by atoms with Gasteiger partial charge in [0, 0.05) is 16.5 Å². The number of hydrogen-bond donors (Lipinski definition) is 0. The molecule has 0 radical (unpaired) electrons. The van der Waals surface area contributed by atoms with E-state index in [0.29, 0.717) is 0 Å². The summed E-state index contributed by atoms with van der Waals surface area (Å²) in [7, 11) is 0. The number of hydrogen-bond acceptors (Lipinski definition) is 3. The van der Waals surface area contributed by atoms with E-state index in [-0.39, 0.29) is 0 Å². The van der Waals surface area contributed by atoms with Crippen LogP contribution in [-0.4, -0.2) is 9.97 Å². The van der Waals surface area contributed by atoms with Gasteiger partial charge in [0.25, 0.3) is 0 Å². The number of para-hydroxylation sites is 3. The van der Waals surface area contributed by atoms with E-state index < -0.39 is 5.41 Å². The van der Waals surface area contributed by atoms with Crippen LogP contribution in [0, 0.1) is 0 Å². The minimum atomic E-state index is -0.531. The van der Waals surface area contributed by atoms with E-state index in [1.807, 2.05) is 36.5 Å². The summed E-state index contributed by atoms with van der Waals surface area (Å²) in [6, 6.07) is 40.6. The van der Waals surface area contributed by atoms with Crippen LogP contribution in [0.3, 0.4) is 0 Å². The number of nitrogens with zero attached hydrogens (tertiary/aromatic N) is 2. The first-order valence-corrected chi connectivity index (χ1v) is 12.9. The molecule has 1 unspecified atom stereocenters. The molecule has 176 valence electrons. The largest absolute Gasteiger partial charge is 0.459 e. The third-order valence-electron chi connectivity index (χ3n) is 8.33. The zero-order valence-electron chi connectivity index (χ0n) is 20.3. The first kappa shape index (κ1) is 20.1. The number of furan rings is 1. The lowest BCUT2D eigenvalue weighted by molar-refractivity contribution is 0.507. The summed E-state index contributed by atoms with van der Waals surface area (Å²) in [5.74, 6) is 1.01. The Labute approximate surface area is 219 Å². The lowest BCUT2D eigenvalue weighted by Gasteiger charge is -2.28. The van der Waals surface area contributed by atoms with Crippen molar-refractivity contribution in [3.63, 3.8) is 0 Å². The summed E-state index contributed by atoms with van der Waals surface area (Å²) >= 11 is 0. The molecular weight excluding hydrogens is 464 g/mol. The summed E-state index contributed by atoms with van der Waals surface area (Å²) in [5, 5.41) is 1.16. The predicted molar refractivity (Wildman–Crippen MR) is 151 cm³/mol. The third-order valence-corrected chi connectivity index (χ3v) is 8.33. The van der Waals surface area contributed by atoms with Crippen molar-refractivity contribution in [2.24, 2.45) is 0 Å². The fourth-order valence-corrected chi connectivity index (χ4v) is 6.89. The van der Waals surface area contributed by atoms with Gasteiger partial charge in [-0.25, -0.2) is 4.98 Å². The van der Waals surface area contributed by atoms with E-state index in [2.05, 4.69) is 84.9 Å². The lowest BCUT2D eigenvalue weighted by Crippen LogP contribution is -2.25. The summed E-state index contributed by atoms with van der Waals surface area (Å²) in [5.41, 5.74) is 12.8. The molecule has 1 atom stereocenters. The second kappa shape index (κ2) is 7.05. The van der Waals surface area contributed by atoms with Crippen LogP contribution in [0.1, 0.15) is 22.5 Å². The van der Waals surface area contributed by atoms with Gasteiger partial charge >= 0.3 is 0 Å². The molecule has 3 nitrogen and oxygen atoms in total. The van der Waals surface area contributed by atoms with Crippen LogP contribution in [0.4, 0.5) is 0 Å². The van der Waals surface area contributed by atoms with Crippen molar-refractivity contribution < 1.29 is 4.42 Å². The maximum absolute atomic E-state index is 6.82. The van der Waals surface area contributed by atoms with Gasteiger partial charge in [0.1, 0.15) is 16.8 Å². The van der Waals surface area contributed by atoms with Crippen molar-refractivity contribution >= 4 is 22.0 Å². The monoisotopic (exact) mass is 484 g/mol. The van der Waals surface area contributed by atoms with Crippen LogP contribution in [-0.2, 0) is 5.41 Å². The number of benzene rings is 5. The molecule has 0 saturated carbocycles. The number of rotatable bonds is 1. The van der Waals surface area contributed by atoms with E-state index in [1.54, 1.807) is 0 Å².